The van der Waals surface area contributed by atoms with Gasteiger partial charge in [0.05, 0.1) is 4.90 Å². The average Bonchev–Trinajstić information content (AvgIpc) is 2.55. The van der Waals surface area contributed by atoms with E-state index in [4.69, 9.17) is 0 Å². The van der Waals surface area contributed by atoms with Crippen molar-refractivity contribution in [2.45, 2.75) is 31.6 Å². The quantitative estimate of drug-likeness (QED) is 0.771. The molecule has 4 heteroatoms. The molecular formula is C14H19NO2S. The molecule has 0 saturated heterocycles. The second kappa shape index (κ2) is 5.24. The van der Waals surface area contributed by atoms with Crippen LogP contribution in [-0.4, -0.2) is 25.8 Å². The molecule has 1 aromatic rings. The minimum atomic E-state index is -3.33. The third-order valence-electron chi connectivity index (χ3n) is 3.29. The standard InChI is InChI=1S/C14H19NO2S/c1-12-4-3-10-15(11-9-12)18(16,17)14-7-5-13(2)6-8-14/h4-8H,3,9-11H2,1-2H3. The summed E-state index contributed by atoms with van der Waals surface area (Å²) >= 11 is 0. The third-order valence-corrected chi connectivity index (χ3v) is 5.20. The highest BCUT2D eigenvalue weighted by molar-refractivity contribution is 7.89. The maximum atomic E-state index is 12.5. The molecule has 0 radical (unpaired) electrons. The molecule has 2 rings (SSSR count). The molecule has 0 bridgehead atoms. The number of nitrogens with zero attached hydrogens (tertiary/aromatic N) is 1. The van der Waals surface area contributed by atoms with Gasteiger partial charge in [-0.05, 0) is 38.8 Å². The summed E-state index contributed by atoms with van der Waals surface area (Å²) < 4.78 is 26.5. The molecule has 0 unspecified atom stereocenters. The highest BCUT2D eigenvalue weighted by Crippen LogP contribution is 2.20. The molecule has 0 spiro atoms. The minimum Gasteiger partial charge on any atom is -0.207 e. The fraction of sp³-hybridized carbons (Fsp3) is 0.429. The molecule has 1 heterocycles. The zero-order valence-electron chi connectivity index (χ0n) is 10.9. The monoisotopic (exact) mass is 265 g/mol. The molecule has 0 aliphatic carbocycles. The van der Waals surface area contributed by atoms with Crippen LogP contribution in [0.25, 0.3) is 0 Å². The van der Waals surface area contributed by atoms with E-state index >= 15 is 0 Å². The first kappa shape index (κ1) is 13.3. The summed E-state index contributed by atoms with van der Waals surface area (Å²) in [6.45, 7) is 5.17. The van der Waals surface area contributed by atoms with E-state index in [0.29, 0.717) is 18.0 Å². The molecule has 0 aromatic heterocycles. The van der Waals surface area contributed by atoms with Gasteiger partial charge in [-0.25, -0.2) is 8.42 Å². The van der Waals surface area contributed by atoms with Crippen LogP contribution >= 0.6 is 0 Å². The van der Waals surface area contributed by atoms with Gasteiger partial charge in [-0.15, -0.1) is 0 Å². The lowest BCUT2D eigenvalue weighted by Crippen LogP contribution is -2.32. The van der Waals surface area contributed by atoms with Crippen LogP contribution in [0.3, 0.4) is 0 Å². The summed E-state index contributed by atoms with van der Waals surface area (Å²) in [6.07, 6.45) is 3.76. The van der Waals surface area contributed by atoms with E-state index < -0.39 is 10.0 Å². The number of hydrogen-bond donors (Lipinski definition) is 0. The fourth-order valence-corrected chi connectivity index (χ4v) is 3.53. The van der Waals surface area contributed by atoms with Crippen molar-refractivity contribution >= 4 is 10.0 Å². The van der Waals surface area contributed by atoms with Gasteiger partial charge < -0.3 is 0 Å². The van der Waals surface area contributed by atoms with Gasteiger partial charge in [0, 0.05) is 13.1 Å². The van der Waals surface area contributed by atoms with E-state index in [1.807, 2.05) is 19.1 Å². The van der Waals surface area contributed by atoms with Crippen molar-refractivity contribution in [2.75, 3.05) is 13.1 Å². The Hall–Kier alpha value is -1.13. The summed E-state index contributed by atoms with van der Waals surface area (Å²) in [7, 11) is -3.33. The number of aryl methyl sites for hydroxylation is 1. The lowest BCUT2D eigenvalue weighted by atomic mass is 10.2. The summed E-state index contributed by atoms with van der Waals surface area (Å²) in [5, 5.41) is 0. The third kappa shape index (κ3) is 2.82. The molecule has 18 heavy (non-hydrogen) atoms. The van der Waals surface area contributed by atoms with Crippen LogP contribution in [0.15, 0.2) is 40.8 Å². The van der Waals surface area contributed by atoms with Gasteiger partial charge in [-0.2, -0.15) is 4.31 Å². The molecule has 98 valence electrons. The number of benzene rings is 1. The van der Waals surface area contributed by atoms with Crippen molar-refractivity contribution in [3.63, 3.8) is 0 Å². The van der Waals surface area contributed by atoms with E-state index in [1.54, 1.807) is 16.4 Å². The topological polar surface area (TPSA) is 37.4 Å². The van der Waals surface area contributed by atoms with Gasteiger partial charge in [0.1, 0.15) is 0 Å². The Morgan fingerprint density at radius 1 is 1.06 bits per heavy atom. The maximum Gasteiger partial charge on any atom is 0.243 e. The minimum absolute atomic E-state index is 0.396. The van der Waals surface area contributed by atoms with E-state index in [-0.39, 0.29) is 0 Å². The van der Waals surface area contributed by atoms with Gasteiger partial charge in [-0.1, -0.05) is 29.3 Å². The predicted molar refractivity (Wildman–Crippen MR) is 72.9 cm³/mol. The van der Waals surface area contributed by atoms with Crippen LogP contribution < -0.4 is 0 Å². The van der Waals surface area contributed by atoms with Crippen LogP contribution in [-0.2, 0) is 10.0 Å². The summed E-state index contributed by atoms with van der Waals surface area (Å²) in [4.78, 5) is 0.396. The van der Waals surface area contributed by atoms with Crippen molar-refractivity contribution in [2.24, 2.45) is 0 Å². The number of rotatable bonds is 2. The van der Waals surface area contributed by atoms with Crippen LogP contribution in [0.2, 0.25) is 0 Å². The number of hydrogen-bond acceptors (Lipinski definition) is 2. The van der Waals surface area contributed by atoms with E-state index in [0.717, 1.165) is 18.4 Å². The Morgan fingerprint density at radius 3 is 2.39 bits per heavy atom. The molecule has 0 fully saturated rings. The highest BCUT2D eigenvalue weighted by Gasteiger charge is 2.24. The van der Waals surface area contributed by atoms with E-state index in [2.05, 4.69) is 13.0 Å². The summed E-state index contributed by atoms with van der Waals surface area (Å²) in [6, 6.07) is 7.06. The van der Waals surface area contributed by atoms with Crippen LogP contribution in [0.5, 0.6) is 0 Å². The van der Waals surface area contributed by atoms with Crippen molar-refractivity contribution in [3.8, 4) is 0 Å². The molecule has 0 saturated carbocycles. The Balaban J connectivity index is 2.23. The van der Waals surface area contributed by atoms with Crippen molar-refractivity contribution in [1.29, 1.82) is 0 Å². The second-order valence-electron chi connectivity index (χ2n) is 4.81. The fourth-order valence-electron chi connectivity index (χ4n) is 2.07. The molecule has 1 aliphatic rings. The Kier molecular flexibility index (Phi) is 3.88. The lowest BCUT2D eigenvalue weighted by Gasteiger charge is -2.20. The van der Waals surface area contributed by atoms with Crippen LogP contribution in [0, 0.1) is 6.92 Å². The van der Waals surface area contributed by atoms with Gasteiger partial charge in [0.2, 0.25) is 10.0 Å². The average molecular weight is 265 g/mol. The van der Waals surface area contributed by atoms with Gasteiger partial charge in [-0.3, -0.25) is 0 Å². The smallest absolute Gasteiger partial charge is 0.207 e. The molecule has 0 amide bonds. The van der Waals surface area contributed by atoms with Crippen LogP contribution in [0.4, 0.5) is 0 Å². The molecule has 3 nitrogen and oxygen atoms in total. The number of sulfonamides is 1. The van der Waals surface area contributed by atoms with Crippen molar-refractivity contribution < 1.29 is 8.42 Å². The molecular weight excluding hydrogens is 246 g/mol. The second-order valence-corrected chi connectivity index (χ2v) is 6.74. The first-order valence-electron chi connectivity index (χ1n) is 6.22. The normalized spacial score (nSPS) is 18.2. The highest BCUT2D eigenvalue weighted by atomic mass is 32.2. The molecule has 0 N–H and O–H groups in total. The zero-order valence-corrected chi connectivity index (χ0v) is 11.7. The van der Waals surface area contributed by atoms with Gasteiger partial charge >= 0.3 is 0 Å². The van der Waals surface area contributed by atoms with Crippen molar-refractivity contribution in [1.82, 2.24) is 4.31 Å². The Morgan fingerprint density at radius 2 is 1.72 bits per heavy atom. The summed E-state index contributed by atoms with van der Waals surface area (Å²) in [5.74, 6) is 0. The molecule has 1 aromatic carbocycles. The summed E-state index contributed by atoms with van der Waals surface area (Å²) in [5.41, 5.74) is 2.35. The Labute approximate surface area is 109 Å². The van der Waals surface area contributed by atoms with Gasteiger partial charge in [0.15, 0.2) is 0 Å². The predicted octanol–water partition coefficient (Wildman–Crippen LogP) is 2.73. The van der Waals surface area contributed by atoms with E-state index in [9.17, 15) is 8.42 Å². The Bertz CT molecular complexity index is 544. The molecule has 1 aliphatic heterocycles. The van der Waals surface area contributed by atoms with Gasteiger partial charge in [0.25, 0.3) is 0 Å². The first-order chi connectivity index (χ1) is 8.50. The first-order valence-corrected chi connectivity index (χ1v) is 7.66. The van der Waals surface area contributed by atoms with Crippen molar-refractivity contribution in [3.05, 3.63) is 41.5 Å². The lowest BCUT2D eigenvalue weighted by molar-refractivity contribution is 0.427. The molecule has 0 atom stereocenters. The largest absolute Gasteiger partial charge is 0.243 e. The SMILES string of the molecule is CC1=CCCN(S(=O)(=O)c2ccc(C)cc2)CC1. The maximum absolute atomic E-state index is 12.5. The van der Waals surface area contributed by atoms with Crippen LogP contribution in [0.1, 0.15) is 25.3 Å². The zero-order chi connectivity index (χ0) is 13.2. The van der Waals surface area contributed by atoms with E-state index in [1.165, 1.54) is 5.57 Å².